The van der Waals surface area contributed by atoms with E-state index in [9.17, 15) is 13.2 Å². The molecule has 0 aliphatic carbocycles. The number of ether oxygens (including phenoxy) is 1. The van der Waals surface area contributed by atoms with Gasteiger partial charge in [-0.15, -0.1) is 0 Å². The van der Waals surface area contributed by atoms with E-state index in [1.165, 1.54) is 0 Å². The Kier molecular flexibility index (Phi) is 3.70. The molecule has 1 N–H and O–H groups in total. The Bertz CT molecular complexity index is 307. The van der Waals surface area contributed by atoms with Crippen molar-refractivity contribution in [2.24, 2.45) is 0 Å². The molecule has 0 saturated carbocycles. The van der Waals surface area contributed by atoms with Crippen molar-refractivity contribution in [3.05, 3.63) is 23.6 Å². The van der Waals surface area contributed by atoms with Gasteiger partial charge in [-0.05, 0) is 11.6 Å². The van der Waals surface area contributed by atoms with Gasteiger partial charge in [0.15, 0.2) is 12.4 Å². The fraction of sp³-hybridized carbons (Fsp3) is 0.375. The number of hydrogen-bond donors (Lipinski definition) is 1. The SMILES string of the molecule is OCc1cnc(OCC(F)F)c(F)c1. The fourth-order valence-corrected chi connectivity index (χ4v) is 0.800. The second-order valence-electron chi connectivity index (χ2n) is 2.49. The molecule has 0 aliphatic heterocycles. The summed E-state index contributed by atoms with van der Waals surface area (Å²) < 4.78 is 40.7. The molecule has 0 atom stereocenters. The minimum Gasteiger partial charge on any atom is -0.470 e. The van der Waals surface area contributed by atoms with E-state index < -0.39 is 24.7 Å². The minimum absolute atomic E-state index is 0.256. The van der Waals surface area contributed by atoms with Crippen molar-refractivity contribution in [1.29, 1.82) is 0 Å². The Morgan fingerprint density at radius 2 is 2.21 bits per heavy atom. The van der Waals surface area contributed by atoms with Crippen LogP contribution in [0.15, 0.2) is 12.3 Å². The van der Waals surface area contributed by atoms with E-state index in [1.54, 1.807) is 0 Å². The number of aliphatic hydroxyl groups is 1. The van der Waals surface area contributed by atoms with Gasteiger partial charge in [0, 0.05) is 6.20 Å². The van der Waals surface area contributed by atoms with Gasteiger partial charge in [0.1, 0.15) is 0 Å². The monoisotopic (exact) mass is 207 g/mol. The number of nitrogens with zero attached hydrogens (tertiary/aromatic N) is 1. The molecule has 0 unspecified atom stereocenters. The lowest BCUT2D eigenvalue weighted by Gasteiger charge is -2.05. The van der Waals surface area contributed by atoms with Gasteiger partial charge >= 0.3 is 0 Å². The molecule has 0 saturated heterocycles. The second kappa shape index (κ2) is 4.80. The highest BCUT2D eigenvalue weighted by atomic mass is 19.3. The summed E-state index contributed by atoms with van der Waals surface area (Å²) in [7, 11) is 0. The lowest BCUT2D eigenvalue weighted by Crippen LogP contribution is -2.09. The Morgan fingerprint density at radius 1 is 1.50 bits per heavy atom. The Balaban J connectivity index is 2.69. The number of rotatable bonds is 4. The van der Waals surface area contributed by atoms with Crippen LogP contribution >= 0.6 is 0 Å². The van der Waals surface area contributed by atoms with Gasteiger partial charge in [-0.25, -0.2) is 18.2 Å². The van der Waals surface area contributed by atoms with E-state index in [0.29, 0.717) is 0 Å². The van der Waals surface area contributed by atoms with Crippen molar-refractivity contribution < 1.29 is 23.0 Å². The zero-order valence-corrected chi connectivity index (χ0v) is 7.08. The van der Waals surface area contributed by atoms with E-state index >= 15 is 0 Å². The van der Waals surface area contributed by atoms with E-state index in [-0.39, 0.29) is 12.2 Å². The summed E-state index contributed by atoms with van der Waals surface area (Å²) in [5, 5.41) is 8.60. The normalized spacial score (nSPS) is 10.6. The van der Waals surface area contributed by atoms with Crippen LogP contribution in [0.1, 0.15) is 5.56 Å². The molecule has 3 nitrogen and oxygen atoms in total. The molecule has 0 radical (unpaired) electrons. The number of hydrogen-bond acceptors (Lipinski definition) is 3. The highest BCUT2D eigenvalue weighted by Crippen LogP contribution is 2.15. The minimum atomic E-state index is -2.67. The molecule has 1 aromatic rings. The Hall–Kier alpha value is -1.30. The molecule has 0 amide bonds. The van der Waals surface area contributed by atoms with Gasteiger partial charge in [0.2, 0.25) is 0 Å². The third kappa shape index (κ3) is 2.88. The van der Waals surface area contributed by atoms with Crippen molar-refractivity contribution in [3.63, 3.8) is 0 Å². The maximum atomic E-state index is 12.9. The summed E-state index contributed by atoms with van der Waals surface area (Å²) in [5.74, 6) is -1.35. The van der Waals surface area contributed by atoms with Crippen molar-refractivity contribution in [3.8, 4) is 5.88 Å². The zero-order chi connectivity index (χ0) is 10.6. The van der Waals surface area contributed by atoms with E-state index in [0.717, 1.165) is 12.3 Å². The third-order valence-electron chi connectivity index (χ3n) is 1.39. The number of aliphatic hydroxyl groups excluding tert-OH is 1. The molecule has 6 heteroatoms. The predicted octanol–water partition coefficient (Wildman–Crippen LogP) is 1.36. The quantitative estimate of drug-likeness (QED) is 0.810. The molecular weight excluding hydrogens is 199 g/mol. The summed E-state index contributed by atoms with van der Waals surface area (Å²) in [6.07, 6.45) is -1.52. The summed E-state index contributed by atoms with van der Waals surface area (Å²) in [6, 6.07) is 0.980. The fourth-order valence-electron chi connectivity index (χ4n) is 0.800. The van der Waals surface area contributed by atoms with Crippen molar-refractivity contribution in [2.75, 3.05) is 6.61 Å². The van der Waals surface area contributed by atoms with Crippen molar-refractivity contribution in [2.45, 2.75) is 13.0 Å². The van der Waals surface area contributed by atoms with E-state index in [2.05, 4.69) is 9.72 Å². The number of aromatic nitrogens is 1. The molecule has 0 aliphatic rings. The number of pyridine rings is 1. The third-order valence-corrected chi connectivity index (χ3v) is 1.39. The molecule has 1 rings (SSSR count). The van der Waals surface area contributed by atoms with Crippen LogP contribution in [0.2, 0.25) is 0 Å². The summed E-state index contributed by atoms with van der Waals surface area (Å²) >= 11 is 0. The molecule has 1 heterocycles. The molecule has 78 valence electrons. The first-order valence-corrected chi connectivity index (χ1v) is 3.79. The van der Waals surface area contributed by atoms with Crippen LogP contribution < -0.4 is 4.74 Å². The summed E-state index contributed by atoms with van der Waals surface area (Å²) in [6.45, 7) is -1.26. The molecule has 0 spiro atoms. The highest BCUT2D eigenvalue weighted by molar-refractivity contribution is 5.19. The maximum Gasteiger partial charge on any atom is 0.272 e. The lowest BCUT2D eigenvalue weighted by molar-refractivity contribution is 0.0773. The molecule has 0 fully saturated rings. The Morgan fingerprint density at radius 3 is 2.71 bits per heavy atom. The van der Waals surface area contributed by atoms with Crippen LogP contribution in [0.3, 0.4) is 0 Å². The van der Waals surface area contributed by atoms with Gasteiger partial charge in [-0.3, -0.25) is 0 Å². The zero-order valence-electron chi connectivity index (χ0n) is 7.08. The largest absolute Gasteiger partial charge is 0.470 e. The van der Waals surface area contributed by atoms with Gasteiger partial charge < -0.3 is 9.84 Å². The number of alkyl halides is 2. The van der Waals surface area contributed by atoms with Crippen LogP contribution in [-0.2, 0) is 6.61 Å². The van der Waals surface area contributed by atoms with Crippen molar-refractivity contribution in [1.82, 2.24) is 4.98 Å². The first kappa shape index (κ1) is 10.8. The first-order chi connectivity index (χ1) is 6.63. The average Bonchev–Trinajstić information content (AvgIpc) is 2.15. The number of halogens is 3. The second-order valence-corrected chi connectivity index (χ2v) is 2.49. The van der Waals surface area contributed by atoms with Gasteiger partial charge in [0.25, 0.3) is 12.3 Å². The van der Waals surface area contributed by atoms with Gasteiger partial charge in [-0.2, -0.15) is 0 Å². The standard InChI is InChI=1S/C8H8F3NO2/c9-6-1-5(3-13)2-12-8(6)14-4-7(10)11/h1-2,7,13H,3-4H2. The van der Waals surface area contributed by atoms with Crippen LogP contribution in [-0.4, -0.2) is 23.1 Å². The maximum absolute atomic E-state index is 12.9. The van der Waals surface area contributed by atoms with Gasteiger partial charge in [0.05, 0.1) is 6.61 Å². The van der Waals surface area contributed by atoms with Crippen LogP contribution in [0.4, 0.5) is 13.2 Å². The summed E-state index contributed by atoms with van der Waals surface area (Å²) in [4.78, 5) is 3.43. The summed E-state index contributed by atoms with van der Waals surface area (Å²) in [5.41, 5.74) is 0.256. The van der Waals surface area contributed by atoms with Gasteiger partial charge in [-0.1, -0.05) is 0 Å². The Labute approximate surface area is 78.2 Å². The molecule has 1 aromatic heterocycles. The molecule has 0 aromatic carbocycles. The van der Waals surface area contributed by atoms with E-state index in [4.69, 9.17) is 5.11 Å². The smallest absolute Gasteiger partial charge is 0.272 e. The molecular formula is C8H8F3NO2. The van der Waals surface area contributed by atoms with E-state index in [1.807, 2.05) is 0 Å². The first-order valence-electron chi connectivity index (χ1n) is 3.79. The predicted molar refractivity (Wildman–Crippen MR) is 41.6 cm³/mol. The van der Waals surface area contributed by atoms with Crippen molar-refractivity contribution >= 4 is 0 Å². The van der Waals surface area contributed by atoms with Crippen LogP contribution in [0.5, 0.6) is 5.88 Å². The average molecular weight is 207 g/mol. The highest BCUT2D eigenvalue weighted by Gasteiger charge is 2.09. The molecule has 14 heavy (non-hydrogen) atoms. The lowest BCUT2D eigenvalue weighted by atomic mass is 10.3. The van der Waals surface area contributed by atoms with Crippen LogP contribution in [0.25, 0.3) is 0 Å². The van der Waals surface area contributed by atoms with Crippen LogP contribution in [0, 0.1) is 5.82 Å². The molecule has 0 bridgehead atoms. The topological polar surface area (TPSA) is 42.4 Å².